The van der Waals surface area contributed by atoms with Crippen molar-refractivity contribution in [2.45, 2.75) is 42.0 Å². The second-order valence-electron chi connectivity index (χ2n) is 8.90. The molecule has 0 aromatic heterocycles. The highest BCUT2D eigenvalue weighted by atomic mass is 32.2. The maximum atomic E-state index is 13.5. The highest BCUT2D eigenvalue weighted by Gasteiger charge is 2.46. The minimum atomic E-state index is -4.02. The zero-order valence-corrected chi connectivity index (χ0v) is 20.0. The molecule has 2 heterocycles. The van der Waals surface area contributed by atoms with Crippen LogP contribution < -0.4 is 5.32 Å². The van der Waals surface area contributed by atoms with Crippen molar-refractivity contribution in [1.82, 2.24) is 10.2 Å². The molecule has 6 nitrogen and oxygen atoms in total. The Kier molecular flexibility index (Phi) is 6.91. The van der Waals surface area contributed by atoms with E-state index in [0.29, 0.717) is 6.54 Å². The monoisotopic (exact) mass is 498 g/mol. The number of nitrogens with zero attached hydrogens (tertiary/aromatic N) is 1. The number of nitrogens with one attached hydrogen (secondary N) is 1. The molecule has 2 fully saturated rings. The van der Waals surface area contributed by atoms with E-state index < -0.39 is 42.5 Å². The predicted molar refractivity (Wildman–Crippen MR) is 123 cm³/mol. The van der Waals surface area contributed by atoms with Crippen molar-refractivity contribution in [3.8, 4) is 0 Å². The molecule has 1 N–H and O–H groups in total. The van der Waals surface area contributed by atoms with Gasteiger partial charge in [-0.1, -0.05) is 12.1 Å². The number of aryl methyl sites for hydroxylation is 1. The third kappa shape index (κ3) is 5.29. The lowest BCUT2D eigenvalue weighted by molar-refractivity contribution is 0.234. The molecule has 33 heavy (non-hydrogen) atoms. The summed E-state index contributed by atoms with van der Waals surface area (Å²) in [7, 11) is -7.59. The van der Waals surface area contributed by atoms with Crippen LogP contribution in [-0.2, 0) is 19.7 Å². The molecule has 1 unspecified atom stereocenters. The molecule has 2 aliphatic rings. The fourth-order valence-electron chi connectivity index (χ4n) is 4.87. The first-order chi connectivity index (χ1) is 15.6. The van der Waals surface area contributed by atoms with Gasteiger partial charge in [0.15, 0.2) is 19.7 Å². The van der Waals surface area contributed by atoms with Gasteiger partial charge in [-0.25, -0.2) is 25.6 Å². The van der Waals surface area contributed by atoms with Crippen molar-refractivity contribution < 1.29 is 25.6 Å². The molecular weight excluding hydrogens is 470 g/mol. The first kappa shape index (κ1) is 24.3. The summed E-state index contributed by atoms with van der Waals surface area (Å²) in [4.78, 5) is 2.20. The van der Waals surface area contributed by atoms with Crippen molar-refractivity contribution in [3.63, 3.8) is 0 Å². The standard InChI is InChI=1S/C23H28F2N2O4S2/c1-16-12-19(25)8-9-22(16)33(30,31)23-15-32(28,29)14-20(23)26-13-21(27-10-2-3-11-27)17-4-6-18(24)7-5-17/h4-9,12,20-21,23,26H,2-3,10-11,13-15H2,1H3/t20-,21?,23-/m0/s1. The molecule has 2 aromatic carbocycles. The van der Waals surface area contributed by atoms with E-state index in [-0.39, 0.29) is 28.1 Å². The van der Waals surface area contributed by atoms with Crippen LogP contribution in [0.1, 0.15) is 30.0 Å². The molecule has 4 rings (SSSR count). The largest absolute Gasteiger partial charge is 0.310 e. The number of hydrogen-bond donors (Lipinski definition) is 1. The van der Waals surface area contributed by atoms with Crippen LogP contribution in [0.5, 0.6) is 0 Å². The third-order valence-electron chi connectivity index (χ3n) is 6.55. The topological polar surface area (TPSA) is 83.5 Å². The van der Waals surface area contributed by atoms with E-state index in [1.165, 1.54) is 25.1 Å². The Bertz CT molecular complexity index is 1210. The summed E-state index contributed by atoms with van der Waals surface area (Å²) < 4.78 is 78.7. The van der Waals surface area contributed by atoms with E-state index in [1.54, 1.807) is 12.1 Å². The number of halogens is 2. The second-order valence-corrected chi connectivity index (χ2v) is 13.2. The predicted octanol–water partition coefficient (Wildman–Crippen LogP) is 2.64. The van der Waals surface area contributed by atoms with Gasteiger partial charge in [0.2, 0.25) is 0 Å². The molecule has 10 heteroatoms. The highest BCUT2D eigenvalue weighted by Crippen LogP contribution is 2.30. The lowest BCUT2D eigenvalue weighted by atomic mass is 10.0. The van der Waals surface area contributed by atoms with Crippen molar-refractivity contribution in [2.24, 2.45) is 0 Å². The third-order valence-corrected chi connectivity index (χ3v) is 10.9. The van der Waals surface area contributed by atoms with Crippen molar-refractivity contribution in [3.05, 3.63) is 65.2 Å². The number of rotatable bonds is 7. The molecular formula is C23H28F2N2O4S2. The minimum Gasteiger partial charge on any atom is -0.310 e. The van der Waals surface area contributed by atoms with Crippen LogP contribution in [0.2, 0.25) is 0 Å². The van der Waals surface area contributed by atoms with E-state index >= 15 is 0 Å². The minimum absolute atomic E-state index is 0.0487. The first-order valence-corrected chi connectivity index (χ1v) is 14.4. The summed E-state index contributed by atoms with van der Waals surface area (Å²) in [5, 5.41) is 2.05. The summed E-state index contributed by atoms with van der Waals surface area (Å²) in [5.41, 5.74) is 1.14. The fourth-order valence-corrected chi connectivity index (χ4v) is 9.81. The van der Waals surface area contributed by atoms with Gasteiger partial charge in [-0.05, 0) is 74.3 Å². The molecule has 0 amide bonds. The van der Waals surface area contributed by atoms with Crippen LogP contribution in [0.4, 0.5) is 8.78 Å². The van der Waals surface area contributed by atoms with Gasteiger partial charge in [0.25, 0.3) is 0 Å². The van der Waals surface area contributed by atoms with Crippen LogP contribution in [0, 0.1) is 18.6 Å². The highest BCUT2D eigenvalue weighted by molar-refractivity contribution is 7.96. The molecule has 0 saturated carbocycles. The van der Waals surface area contributed by atoms with Gasteiger partial charge >= 0.3 is 0 Å². The van der Waals surface area contributed by atoms with Gasteiger partial charge < -0.3 is 5.32 Å². The Morgan fingerprint density at radius 3 is 2.30 bits per heavy atom. The molecule has 2 aliphatic heterocycles. The van der Waals surface area contributed by atoms with Crippen LogP contribution in [0.3, 0.4) is 0 Å². The smallest absolute Gasteiger partial charge is 0.184 e. The van der Waals surface area contributed by atoms with Gasteiger partial charge in [-0.2, -0.15) is 0 Å². The average Bonchev–Trinajstić information content (AvgIpc) is 3.37. The number of benzene rings is 2. The maximum Gasteiger partial charge on any atom is 0.184 e. The Labute approximate surface area is 193 Å². The Hall–Kier alpha value is -1.88. The van der Waals surface area contributed by atoms with Crippen LogP contribution in [0.15, 0.2) is 47.4 Å². The number of likely N-dealkylation sites (tertiary alicyclic amines) is 1. The molecule has 180 valence electrons. The quantitative estimate of drug-likeness (QED) is 0.591. The summed E-state index contributed by atoms with van der Waals surface area (Å²) in [6.45, 7) is 3.56. The van der Waals surface area contributed by atoms with Crippen LogP contribution in [0.25, 0.3) is 0 Å². The molecule has 2 saturated heterocycles. The van der Waals surface area contributed by atoms with Gasteiger partial charge in [0.05, 0.1) is 21.7 Å². The first-order valence-electron chi connectivity index (χ1n) is 11.0. The van der Waals surface area contributed by atoms with Gasteiger partial charge in [0, 0.05) is 18.6 Å². The van der Waals surface area contributed by atoms with Gasteiger partial charge in [-0.3, -0.25) is 4.90 Å². The number of sulfone groups is 2. The molecule has 3 atom stereocenters. The van der Waals surface area contributed by atoms with E-state index in [9.17, 15) is 25.6 Å². The van der Waals surface area contributed by atoms with E-state index in [2.05, 4.69) is 10.2 Å². The van der Waals surface area contributed by atoms with E-state index in [0.717, 1.165) is 43.6 Å². The van der Waals surface area contributed by atoms with Crippen molar-refractivity contribution in [2.75, 3.05) is 31.1 Å². The Morgan fingerprint density at radius 1 is 1.03 bits per heavy atom. The van der Waals surface area contributed by atoms with Crippen molar-refractivity contribution in [1.29, 1.82) is 0 Å². The van der Waals surface area contributed by atoms with Crippen LogP contribution >= 0.6 is 0 Å². The Balaban J connectivity index is 1.60. The summed E-state index contributed by atoms with van der Waals surface area (Å²) >= 11 is 0. The summed E-state index contributed by atoms with van der Waals surface area (Å²) in [6.07, 6.45) is 2.08. The number of hydrogen-bond acceptors (Lipinski definition) is 6. The Morgan fingerprint density at radius 2 is 1.67 bits per heavy atom. The molecule has 0 radical (unpaired) electrons. The zero-order chi connectivity index (χ0) is 23.8. The zero-order valence-electron chi connectivity index (χ0n) is 18.4. The van der Waals surface area contributed by atoms with Crippen molar-refractivity contribution >= 4 is 19.7 Å². The summed E-state index contributed by atoms with van der Waals surface area (Å²) in [6, 6.07) is 8.69. The molecule has 0 aliphatic carbocycles. The maximum absolute atomic E-state index is 13.5. The summed E-state index contributed by atoms with van der Waals surface area (Å²) in [5.74, 6) is -1.65. The average molecular weight is 499 g/mol. The normalized spacial score (nSPS) is 24.2. The van der Waals surface area contributed by atoms with E-state index in [1.807, 2.05) is 0 Å². The SMILES string of the molecule is Cc1cc(F)ccc1S(=O)(=O)[C@H]1CS(=O)(=O)C[C@@H]1NCC(c1ccc(F)cc1)N1CCCC1. The fraction of sp³-hybridized carbons (Fsp3) is 0.478. The lowest BCUT2D eigenvalue weighted by Gasteiger charge is -2.30. The van der Waals surface area contributed by atoms with E-state index in [4.69, 9.17) is 0 Å². The second kappa shape index (κ2) is 9.40. The van der Waals surface area contributed by atoms with Crippen LogP contribution in [-0.4, -0.2) is 64.2 Å². The lowest BCUT2D eigenvalue weighted by Crippen LogP contribution is -2.46. The molecule has 2 aromatic rings. The van der Waals surface area contributed by atoms with Gasteiger partial charge in [-0.15, -0.1) is 0 Å². The molecule has 0 spiro atoms. The van der Waals surface area contributed by atoms with Gasteiger partial charge in [0.1, 0.15) is 11.6 Å². The molecule has 0 bridgehead atoms.